The van der Waals surface area contributed by atoms with Gasteiger partial charge in [-0.1, -0.05) is 23.7 Å². The summed E-state index contributed by atoms with van der Waals surface area (Å²) in [6.07, 6.45) is -0.681. The highest BCUT2D eigenvalue weighted by Crippen LogP contribution is 2.27. The van der Waals surface area contributed by atoms with Gasteiger partial charge in [0.05, 0.1) is 17.2 Å². The zero-order valence-electron chi connectivity index (χ0n) is 12.1. The van der Waals surface area contributed by atoms with Gasteiger partial charge in [0.1, 0.15) is 12.4 Å². The molecule has 1 aromatic carbocycles. The molecule has 5 nitrogen and oxygen atoms in total. The quantitative estimate of drug-likeness (QED) is 0.877. The molecule has 0 saturated heterocycles. The van der Waals surface area contributed by atoms with Crippen LogP contribution in [0.2, 0.25) is 5.02 Å². The number of carbonyl (C=O) groups is 2. The molecule has 0 aromatic heterocycles. The van der Waals surface area contributed by atoms with E-state index in [0.29, 0.717) is 0 Å². The lowest BCUT2D eigenvalue weighted by Gasteiger charge is -2.27. The van der Waals surface area contributed by atoms with E-state index < -0.39 is 23.4 Å². The molecule has 0 fully saturated rings. The molecule has 0 aliphatic heterocycles. The van der Waals surface area contributed by atoms with E-state index in [2.05, 4.69) is 15.4 Å². The fourth-order valence-corrected chi connectivity index (χ4v) is 1.96. The van der Waals surface area contributed by atoms with Crippen molar-refractivity contribution in [1.82, 2.24) is 10.6 Å². The van der Waals surface area contributed by atoms with Crippen molar-refractivity contribution in [1.29, 1.82) is 0 Å². The third-order valence-electron chi connectivity index (χ3n) is 2.75. The van der Waals surface area contributed by atoms with Crippen LogP contribution in [0.15, 0.2) is 18.2 Å². The molecule has 0 radical (unpaired) electrons. The first-order valence-corrected chi connectivity index (χ1v) is 6.82. The summed E-state index contributed by atoms with van der Waals surface area (Å²) in [5.74, 6) is -1.05. The molecule has 0 spiro atoms. The van der Waals surface area contributed by atoms with Crippen LogP contribution in [-0.2, 0) is 15.1 Å². The number of carbonyl (C=O) groups excluding carboxylic acids is 2. The van der Waals surface area contributed by atoms with Crippen molar-refractivity contribution in [3.63, 3.8) is 0 Å². The monoisotopic (exact) mass is 316 g/mol. The maximum atomic E-state index is 14.0. The topological polar surface area (TPSA) is 67.4 Å². The average Bonchev–Trinajstić information content (AvgIpc) is 2.39. The summed E-state index contributed by atoms with van der Waals surface area (Å²) in [7, 11) is 0. The highest BCUT2D eigenvalue weighted by atomic mass is 35.5. The molecule has 2 N–H and O–H groups in total. The molecule has 0 atom stereocenters. The lowest BCUT2D eigenvalue weighted by atomic mass is 9.93. The van der Waals surface area contributed by atoms with Gasteiger partial charge in [-0.3, -0.25) is 4.79 Å². The molecule has 0 bridgehead atoms. The Morgan fingerprint density at radius 3 is 2.67 bits per heavy atom. The highest BCUT2D eigenvalue weighted by molar-refractivity contribution is 6.30. The molecule has 1 aromatic rings. The molecule has 0 aliphatic carbocycles. The summed E-state index contributed by atoms with van der Waals surface area (Å²) in [5.41, 5.74) is -0.706. The Bertz CT molecular complexity index is 535. The predicted octanol–water partition coefficient (Wildman–Crippen LogP) is 2.58. The van der Waals surface area contributed by atoms with Crippen molar-refractivity contribution < 1.29 is 18.7 Å². The van der Waals surface area contributed by atoms with Crippen molar-refractivity contribution in [3.05, 3.63) is 34.6 Å². The fraction of sp³-hybridized carbons (Fsp3) is 0.429. The van der Waals surface area contributed by atoms with E-state index >= 15 is 0 Å². The van der Waals surface area contributed by atoms with Gasteiger partial charge >= 0.3 is 6.09 Å². The molecule has 7 heteroatoms. The minimum absolute atomic E-state index is 0.0144. The van der Waals surface area contributed by atoms with Crippen LogP contribution >= 0.6 is 11.6 Å². The Kier molecular flexibility index (Phi) is 5.96. The first-order valence-electron chi connectivity index (χ1n) is 6.44. The van der Waals surface area contributed by atoms with Gasteiger partial charge in [0.15, 0.2) is 0 Å². The van der Waals surface area contributed by atoms with Crippen LogP contribution in [0.4, 0.5) is 9.18 Å². The Balaban J connectivity index is 2.69. The summed E-state index contributed by atoms with van der Waals surface area (Å²) in [6, 6.07) is 4.58. The van der Waals surface area contributed by atoms with E-state index in [1.54, 1.807) is 32.9 Å². The normalized spacial score (nSPS) is 10.9. The van der Waals surface area contributed by atoms with Crippen molar-refractivity contribution in [3.8, 4) is 0 Å². The largest absolute Gasteiger partial charge is 0.450 e. The number of ether oxygens (including phenoxy) is 1. The number of amides is 2. The van der Waals surface area contributed by atoms with Gasteiger partial charge in [0, 0.05) is 5.56 Å². The van der Waals surface area contributed by atoms with E-state index in [-0.39, 0.29) is 23.7 Å². The van der Waals surface area contributed by atoms with E-state index in [0.717, 1.165) is 0 Å². The lowest BCUT2D eigenvalue weighted by molar-refractivity contribution is -0.121. The zero-order chi connectivity index (χ0) is 16.0. The van der Waals surface area contributed by atoms with Crippen LogP contribution < -0.4 is 10.6 Å². The fourth-order valence-electron chi connectivity index (χ4n) is 1.78. The minimum Gasteiger partial charge on any atom is -0.450 e. The summed E-state index contributed by atoms with van der Waals surface area (Å²) in [4.78, 5) is 22.9. The molecule has 0 saturated carbocycles. The standard InChI is InChI=1S/C14H18ClFN2O3/c1-4-21-13(20)17-8-11(19)18-14(2,3)9-6-5-7-10(15)12(9)16/h5-7H,4,8H2,1-3H3,(H,17,20)(H,18,19). The smallest absolute Gasteiger partial charge is 0.407 e. The van der Waals surface area contributed by atoms with Gasteiger partial charge in [-0.05, 0) is 26.8 Å². The number of hydrogen-bond acceptors (Lipinski definition) is 3. The minimum atomic E-state index is -0.970. The second-order valence-electron chi connectivity index (χ2n) is 4.85. The summed E-state index contributed by atoms with van der Waals surface area (Å²) in [5, 5.41) is 4.91. The van der Waals surface area contributed by atoms with Crippen molar-refractivity contribution in [2.75, 3.05) is 13.2 Å². The molecule has 0 heterocycles. The van der Waals surface area contributed by atoms with Gasteiger partial charge in [-0.25, -0.2) is 9.18 Å². The molecule has 1 rings (SSSR count). The number of alkyl carbamates (subject to hydrolysis) is 1. The number of benzene rings is 1. The number of hydrogen-bond donors (Lipinski definition) is 2. The van der Waals surface area contributed by atoms with E-state index in [4.69, 9.17) is 11.6 Å². The first kappa shape index (κ1) is 17.2. The van der Waals surface area contributed by atoms with Crippen LogP contribution in [0, 0.1) is 5.82 Å². The Labute approximate surface area is 127 Å². The van der Waals surface area contributed by atoms with Gasteiger partial charge in [-0.2, -0.15) is 0 Å². The summed E-state index contributed by atoms with van der Waals surface area (Å²) >= 11 is 5.73. The Morgan fingerprint density at radius 1 is 1.38 bits per heavy atom. The van der Waals surface area contributed by atoms with Crippen molar-refractivity contribution in [2.24, 2.45) is 0 Å². The maximum absolute atomic E-state index is 14.0. The van der Waals surface area contributed by atoms with Gasteiger partial charge in [0.2, 0.25) is 5.91 Å². The average molecular weight is 317 g/mol. The molecular weight excluding hydrogens is 299 g/mol. The third kappa shape index (κ3) is 4.90. The Hall–Kier alpha value is -1.82. The lowest BCUT2D eigenvalue weighted by Crippen LogP contribution is -2.46. The van der Waals surface area contributed by atoms with Crippen LogP contribution in [0.5, 0.6) is 0 Å². The molecule has 2 amide bonds. The van der Waals surface area contributed by atoms with Crippen LogP contribution in [-0.4, -0.2) is 25.2 Å². The summed E-state index contributed by atoms with van der Waals surface area (Å²) < 4.78 is 18.6. The maximum Gasteiger partial charge on any atom is 0.407 e. The van der Waals surface area contributed by atoms with E-state index in [9.17, 15) is 14.0 Å². The van der Waals surface area contributed by atoms with Crippen LogP contribution in [0.1, 0.15) is 26.3 Å². The molecule has 116 valence electrons. The van der Waals surface area contributed by atoms with E-state index in [1.807, 2.05) is 0 Å². The molecular formula is C14H18ClFN2O3. The zero-order valence-corrected chi connectivity index (χ0v) is 12.9. The number of rotatable bonds is 5. The van der Waals surface area contributed by atoms with Crippen LogP contribution in [0.3, 0.4) is 0 Å². The highest BCUT2D eigenvalue weighted by Gasteiger charge is 2.27. The molecule has 0 aliphatic rings. The molecule has 0 unspecified atom stereocenters. The first-order chi connectivity index (χ1) is 9.77. The van der Waals surface area contributed by atoms with E-state index in [1.165, 1.54) is 6.07 Å². The molecule has 21 heavy (non-hydrogen) atoms. The van der Waals surface area contributed by atoms with Gasteiger partial charge < -0.3 is 15.4 Å². The Morgan fingerprint density at radius 2 is 2.05 bits per heavy atom. The van der Waals surface area contributed by atoms with Gasteiger partial charge in [0.25, 0.3) is 0 Å². The van der Waals surface area contributed by atoms with Gasteiger partial charge in [-0.15, -0.1) is 0 Å². The second-order valence-corrected chi connectivity index (χ2v) is 5.26. The second kappa shape index (κ2) is 7.26. The van der Waals surface area contributed by atoms with Crippen molar-refractivity contribution in [2.45, 2.75) is 26.3 Å². The number of nitrogens with one attached hydrogen (secondary N) is 2. The SMILES string of the molecule is CCOC(=O)NCC(=O)NC(C)(C)c1cccc(Cl)c1F. The summed E-state index contributed by atoms with van der Waals surface area (Å²) in [6.45, 7) is 4.90. The number of halogens is 2. The third-order valence-corrected chi connectivity index (χ3v) is 3.04. The van der Waals surface area contributed by atoms with Crippen LogP contribution in [0.25, 0.3) is 0 Å². The van der Waals surface area contributed by atoms with Crippen molar-refractivity contribution >= 4 is 23.6 Å². The predicted molar refractivity (Wildman–Crippen MR) is 77.6 cm³/mol.